The van der Waals surface area contributed by atoms with Crippen LogP contribution in [0.3, 0.4) is 0 Å². The van der Waals surface area contributed by atoms with Gasteiger partial charge >= 0.3 is 0 Å². The molecule has 0 spiro atoms. The Labute approximate surface area is 146 Å². The van der Waals surface area contributed by atoms with E-state index in [1.165, 1.54) is 0 Å². The minimum absolute atomic E-state index is 0. The Morgan fingerprint density at radius 2 is 2.22 bits per heavy atom. The summed E-state index contributed by atoms with van der Waals surface area (Å²) in [6.07, 6.45) is 3.30. The number of hydrogen-bond acceptors (Lipinski definition) is 4. The molecule has 1 saturated carbocycles. The maximum absolute atomic E-state index is 12.6. The number of carbonyl (C=O) groups excluding carboxylic acids is 1. The number of nitrogens with one attached hydrogen (secondary N) is 1. The average Bonchev–Trinajstić information content (AvgIpc) is 3.11. The molecule has 1 aromatic heterocycles. The molecule has 0 bridgehead atoms. The van der Waals surface area contributed by atoms with Crippen molar-refractivity contribution in [3.8, 4) is 5.75 Å². The number of nitrogens with two attached hydrogens (primary N) is 1. The summed E-state index contributed by atoms with van der Waals surface area (Å²) in [5, 5.41) is 4.28. The first kappa shape index (κ1) is 18.0. The van der Waals surface area contributed by atoms with Crippen molar-refractivity contribution in [3.05, 3.63) is 28.6 Å². The number of benzene rings is 1. The minimum Gasteiger partial charge on any atom is -0.497 e. The quantitative estimate of drug-likeness (QED) is 0.883. The van der Waals surface area contributed by atoms with Crippen LogP contribution in [0.4, 0.5) is 0 Å². The molecule has 4 nitrogen and oxygen atoms in total. The minimum atomic E-state index is 0. The summed E-state index contributed by atoms with van der Waals surface area (Å²) < 4.78 is 6.39. The highest BCUT2D eigenvalue weighted by Crippen LogP contribution is 2.34. The van der Waals surface area contributed by atoms with Gasteiger partial charge in [0.2, 0.25) is 0 Å². The molecule has 0 saturated heterocycles. The van der Waals surface area contributed by atoms with E-state index in [2.05, 4.69) is 5.32 Å². The molecule has 1 aromatic carbocycles. The van der Waals surface area contributed by atoms with Crippen LogP contribution in [-0.4, -0.2) is 25.6 Å². The highest BCUT2D eigenvalue weighted by Gasteiger charge is 2.28. The lowest BCUT2D eigenvalue weighted by Gasteiger charge is -2.19. The van der Waals surface area contributed by atoms with Gasteiger partial charge in [0.25, 0.3) is 5.91 Å². The van der Waals surface area contributed by atoms with Crippen LogP contribution in [0.25, 0.3) is 10.1 Å². The SMILES string of the molecule is COc1ccc2sc(C(=O)NC3CCCC3CN)c(C)c2c1.Cl. The number of rotatable bonds is 4. The lowest BCUT2D eigenvalue weighted by Crippen LogP contribution is -2.39. The normalized spacial score (nSPS) is 20.3. The second-order valence-corrected chi connectivity index (χ2v) is 6.98. The Kier molecular flexibility index (Phi) is 5.89. The second-order valence-electron chi connectivity index (χ2n) is 5.92. The van der Waals surface area contributed by atoms with Gasteiger partial charge < -0.3 is 15.8 Å². The summed E-state index contributed by atoms with van der Waals surface area (Å²) >= 11 is 1.54. The largest absolute Gasteiger partial charge is 0.497 e. The molecule has 1 aliphatic rings. The summed E-state index contributed by atoms with van der Waals surface area (Å²) in [7, 11) is 1.66. The zero-order valence-electron chi connectivity index (χ0n) is 13.4. The molecule has 3 rings (SSSR count). The Bertz CT molecular complexity index is 701. The summed E-state index contributed by atoms with van der Waals surface area (Å²) in [5.74, 6) is 1.26. The highest BCUT2D eigenvalue weighted by atomic mass is 35.5. The van der Waals surface area contributed by atoms with Crippen LogP contribution in [0.15, 0.2) is 18.2 Å². The topological polar surface area (TPSA) is 64.3 Å². The Hall–Kier alpha value is -1.30. The number of ether oxygens (including phenoxy) is 1. The third kappa shape index (κ3) is 3.47. The van der Waals surface area contributed by atoms with Gasteiger partial charge in [0.15, 0.2) is 0 Å². The standard InChI is InChI=1S/C17H22N2O2S.ClH/c1-10-13-8-12(21-2)6-7-15(13)22-16(10)17(20)19-14-5-3-4-11(14)9-18;/h6-8,11,14H,3-5,9,18H2,1-2H3,(H,19,20);1H. The molecule has 2 unspecified atom stereocenters. The fourth-order valence-corrected chi connectivity index (χ4v) is 4.38. The molecule has 1 amide bonds. The summed E-state index contributed by atoms with van der Waals surface area (Å²) in [5.41, 5.74) is 6.83. The van der Waals surface area contributed by atoms with Crippen LogP contribution in [0.1, 0.15) is 34.5 Å². The van der Waals surface area contributed by atoms with E-state index in [0.29, 0.717) is 12.5 Å². The van der Waals surface area contributed by atoms with Crippen molar-refractivity contribution in [3.63, 3.8) is 0 Å². The van der Waals surface area contributed by atoms with Crippen LogP contribution < -0.4 is 15.8 Å². The lowest BCUT2D eigenvalue weighted by atomic mass is 10.0. The lowest BCUT2D eigenvalue weighted by molar-refractivity contribution is 0.0932. The van der Waals surface area contributed by atoms with Crippen molar-refractivity contribution in [1.29, 1.82) is 0 Å². The number of carbonyl (C=O) groups is 1. The van der Waals surface area contributed by atoms with Crippen molar-refractivity contribution in [2.75, 3.05) is 13.7 Å². The van der Waals surface area contributed by atoms with Crippen molar-refractivity contribution in [1.82, 2.24) is 5.32 Å². The van der Waals surface area contributed by atoms with Gasteiger partial charge in [0, 0.05) is 10.7 Å². The van der Waals surface area contributed by atoms with E-state index < -0.39 is 0 Å². The molecule has 2 aromatic rings. The highest BCUT2D eigenvalue weighted by molar-refractivity contribution is 7.21. The van der Waals surface area contributed by atoms with E-state index in [1.807, 2.05) is 25.1 Å². The Balaban J connectivity index is 0.00000192. The number of methoxy groups -OCH3 is 1. The molecule has 6 heteroatoms. The molecular weight excluding hydrogens is 332 g/mol. The number of hydrogen-bond donors (Lipinski definition) is 2. The second kappa shape index (κ2) is 7.51. The van der Waals surface area contributed by atoms with Gasteiger partial charge in [-0.15, -0.1) is 23.7 Å². The number of amides is 1. The van der Waals surface area contributed by atoms with Crippen LogP contribution in [0, 0.1) is 12.8 Å². The number of thiophene rings is 1. The van der Waals surface area contributed by atoms with Crippen LogP contribution in [0.2, 0.25) is 0 Å². The van der Waals surface area contributed by atoms with Gasteiger partial charge in [-0.05, 0) is 61.4 Å². The van der Waals surface area contributed by atoms with Crippen molar-refractivity contribution in [2.24, 2.45) is 11.7 Å². The first-order valence-corrected chi connectivity index (χ1v) is 8.53. The molecule has 23 heavy (non-hydrogen) atoms. The number of fused-ring (bicyclic) bond motifs is 1. The zero-order valence-corrected chi connectivity index (χ0v) is 15.1. The van der Waals surface area contributed by atoms with Gasteiger partial charge in [0.1, 0.15) is 5.75 Å². The fraction of sp³-hybridized carbons (Fsp3) is 0.471. The Morgan fingerprint density at radius 1 is 1.43 bits per heavy atom. The number of aryl methyl sites for hydroxylation is 1. The number of halogens is 1. The average molecular weight is 355 g/mol. The van der Waals surface area contributed by atoms with E-state index in [9.17, 15) is 4.79 Å². The first-order valence-electron chi connectivity index (χ1n) is 7.72. The molecule has 0 radical (unpaired) electrons. The van der Waals surface area contributed by atoms with Crippen LogP contribution in [-0.2, 0) is 0 Å². The van der Waals surface area contributed by atoms with Gasteiger partial charge in [-0.3, -0.25) is 4.79 Å². The van der Waals surface area contributed by atoms with Crippen LogP contribution in [0.5, 0.6) is 5.75 Å². The fourth-order valence-electron chi connectivity index (χ4n) is 3.29. The first-order chi connectivity index (χ1) is 10.6. The van der Waals surface area contributed by atoms with E-state index in [4.69, 9.17) is 10.5 Å². The molecule has 1 heterocycles. The van der Waals surface area contributed by atoms with Gasteiger partial charge in [-0.2, -0.15) is 0 Å². The van der Waals surface area contributed by atoms with Crippen molar-refractivity contribution < 1.29 is 9.53 Å². The molecular formula is C17H23ClN2O2S. The monoisotopic (exact) mass is 354 g/mol. The zero-order chi connectivity index (χ0) is 15.7. The predicted molar refractivity (Wildman–Crippen MR) is 98.0 cm³/mol. The van der Waals surface area contributed by atoms with Gasteiger partial charge in [-0.1, -0.05) is 6.42 Å². The molecule has 126 valence electrons. The van der Waals surface area contributed by atoms with E-state index >= 15 is 0 Å². The van der Waals surface area contributed by atoms with Crippen LogP contribution >= 0.6 is 23.7 Å². The summed E-state index contributed by atoms with van der Waals surface area (Å²) in [6.45, 7) is 2.65. The molecule has 1 aliphatic carbocycles. The predicted octanol–water partition coefficient (Wildman–Crippen LogP) is 3.50. The maximum atomic E-state index is 12.6. The van der Waals surface area contributed by atoms with E-state index in [-0.39, 0.29) is 24.4 Å². The summed E-state index contributed by atoms with van der Waals surface area (Å²) in [6, 6.07) is 6.16. The molecule has 2 atom stereocenters. The molecule has 3 N–H and O–H groups in total. The molecule has 0 aliphatic heterocycles. The van der Waals surface area contributed by atoms with Gasteiger partial charge in [-0.25, -0.2) is 0 Å². The van der Waals surface area contributed by atoms with Crippen molar-refractivity contribution in [2.45, 2.75) is 32.2 Å². The maximum Gasteiger partial charge on any atom is 0.261 e. The third-order valence-electron chi connectivity index (χ3n) is 4.63. The summed E-state index contributed by atoms with van der Waals surface area (Å²) in [4.78, 5) is 13.4. The van der Waals surface area contributed by atoms with Gasteiger partial charge in [0.05, 0.1) is 12.0 Å². The van der Waals surface area contributed by atoms with E-state index in [0.717, 1.165) is 45.5 Å². The smallest absolute Gasteiger partial charge is 0.261 e. The Morgan fingerprint density at radius 3 is 2.91 bits per heavy atom. The van der Waals surface area contributed by atoms with E-state index in [1.54, 1.807) is 18.4 Å². The molecule has 1 fully saturated rings. The van der Waals surface area contributed by atoms with Crippen molar-refractivity contribution >= 4 is 39.7 Å². The third-order valence-corrected chi connectivity index (χ3v) is 5.90.